The lowest BCUT2D eigenvalue weighted by Crippen LogP contribution is -2.27. The highest BCUT2D eigenvalue weighted by Crippen LogP contribution is 2.15. The van der Waals surface area contributed by atoms with Gasteiger partial charge in [0.1, 0.15) is 4.88 Å². The van der Waals surface area contributed by atoms with Gasteiger partial charge in [-0.3, -0.25) is 9.48 Å². The van der Waals surface area contributed by atoms with Crippen LogP contribution in [0.25, 0.3) is 0 Å². The van der Waals surface area contributed by atoms with Crippen molar-refractivity contribution in [2.24, 2.45) is 0 Å². The molecule has 2 rings (SSSR count). The second kappa shape index (κ2) is 7.43. The summed E-state index contributed by atoms with van der Waals surface area (Å²) >= 11 is 1.35. The van der Waals surface area contributed by atoms with Gasteiger partial charge in [0.2, 0.25) is 0 Å². The van der Waals surface area contributed by atoms with Gasteiger partial charge in [-0.05, 0) is 11.4 Å². The van der Waals surface area contributed by atoms with Gasteiger partial charge < -0.3 is 10.4 Å². The minimum absolute atomic E-state index is 0.0244. The highest BCUT2D eigenvalue weighted by Gasteiger charge is 2.11. The van der Waals surface area contributed by atoms with Gasteiger partial charge in [0, 0.05) is 24.7 Å². The Bertz CT molecular complexity index is 610. The summed E-state index contributed by atoms with van der Waals surface area (Å²) in [6, 6.07) is 1.81. The Hall–Kier alpha value is -2.17. The molecule has 20 heavy (non-hydrogen) atoms. The van der Waals surface area contributed by atoms with Gasteiger partial charge in [-0.25, -0.2) is 0 Å². The van der Waals surface area contributed by atoms with Crippen molar-refractivity contribution < 1.29 is 9.90 Å². The van der Waals surface area contributed by atoms with Crippen molar-refractivity contribution in [2.75, 3.05) is 13.2 Å². The number of carbonyl (C=O) groups is 1. The molecule has 0 saturated carbocycles. The van der Waals surface area contributed by atoms with Gasteiger partial charge in [-0.15, -0.1) is 16.4 Å². The number of aromatic nitrogens is 3. The average Bonchev–Trinajstić information content (AvgIpc) is 3.10. The van der Waals surface area contributed by atoms with Crippen LogP contribution in [0.4, 0.5) is 0 Å². The highest BCUT2D eigenvalue weighted by atomic mass is 32.1. The van der Waals surface area contributed by atoms with E-state index in [2.05, 4.69) is 27.5 Å². The van der Waals surface area contributed by atoms with E-state index in [1.165, 1.54) is 11.3 Å². The lowest BCUT2D eigenvalue weighted by atomic mass is 10.2. The third kappa shape index (κ3) is 3.91. The van der Waals surface area contributed by atoms with Crippen LogP contribution in [0.2, 0.25) is 0 Å². The normalized spacial score (nSPS) is 9.85. The van der Waals surface area contributed by atoms with Crippen molar-refractivity contribution in [3.05, 3.63) is 34.3 Å². The molecule has 0 bridgehead atoms. The molecule has 2 N–H and O–H groups in total. The Morgan fingerprint density at radius 1 is 1.55 bits per heavy atom. The third-order valence-electron chi connectivity index (χ3n) is 2.43. The first-order valence-corrected chi connectivity index (χ1v) is 6.98. The van der Waals surface area contributed by atoms with E-state index in [1.807, 2.05) is 5.38 Å². The molecule has 0 aliphatic heterocycles. The molecule has 0 unspecified atom stereocenters. The first-order valence-electron chi connectivity index (χ1n) is 6.11. The summed E-state index contributed by atoms with van der Waals surface area (Å²) in [5.74, 6) is 5.56. The van der Waals surface area contributed by atoms with Gasteiger partial charge in [-0.1, -0.05) is 17.1 Å². The average molecular weight is 290 g/mol. The zero-order valence-corrected chi connectivity index (χ0v) is 11.6. The molecule has 0 fully saturated rings. The van der Waals surface area contributed by atoms with Crippen LogP contribution in [0.5, 0.6) is 0 Å². The second-order valence-corrected chi connectivity index (χ2v) is 4.78. The standard InChI is InChI=1S/C13H14N4O2S/c18-9-2-1-3-11-4-10-20-12(11)13(19)14-5-7-17-8-6-15-16-17/h4,6,8,10,18H,2,5,7,9H2,(H,14,19). The smallest absolute Gasteiger partial charge is 0.262 e. The van der Waals surface area contributed by atoms with Crippen LogP contribution < -0.4 is 5.32 Å². The molecule has 2 heterocycles. The summed E-state index contributed by atoms with van der Waals surface area (Å²) in [6.07, 6.45) is 3.74. The Kier molecular flexibility index (Phi) is 5.29. The molecule has 7 heteroatoms. The van der Waals surface area contributed by atoms with Crippen molar-refractivity contribution in [1.82, 2.24) is 20.3 Å². The molecule has 0 aromatic carbocycles. The van der Waals surface area contributed by atoms with Gasteiger partial charge in [0.05, 0.1) is 19.3 Å². The summed E-state index contributed by atoms with van der Waals surface area (Å²) in [6.45, 7) is 1.07. The van der Waals surface area contributed by atoms with Gasteiger partial charge >= 0.3 is 0 Å². The molecule has 0 aliphatic carbocycles. The van der Waals surface area contributed by atoms with E-state index >= 15 is 0 Å². The van der Waals surface area contributed by atoms with Gasteiger partial charge in [0.15, 0.2) is 0 Å². The summed E-state index contributed by atoms with van der Waals surface area (Å²) < 4.78 is 1.65. The Morgan fingerprint density at radius 2 is 2.45 bits per heavy atom. The fourth-order valence-corrected chi connectivity index (χ4v) is 2.28. The second-order valence-electron chi connectivity index (χ2n) is 3.86. The SMILES string of the molecule is O=C(NCCn1ccnn1)c1sccc1C#CCCO. The van der Waals surface area contributed by atoms with Crippen molar-refractivity contribution in [3.63, 3.8) is 0 Å². The largest absolute Gasteiger partial charge is 0.395 e. The highest BCUT2D eigenvalue weighted by molar-refractivity contribution is 7.12. The summed E-state index contributed by atoms with van der Waals surface area (Å²) in [7, 11) is 0. The lowest BCUT2D eigenvalue weighted by molar-refractivity contribution is 0.0955. The Morgan fingerprint density at radius 3 is 3.20 bits per heavy atom. The van der Waals surface area contributed by atoms with Crippen LogP contribution in [-0.2, 0) is 6.54 Å². The van der Waals surface area contributed by atoms with Crippen molar-refractivity contribution in [2.45, 2.75) is 13.0 Å². The molecular weight excluding hydrogens is 276 g/mol. The number of aliphatic hydroxyl groups excluding tert-OH is 1. The lowest BCUT2D eigenvalue weighted by Gasteiger charge is -2.03. The number of aliphatic hydroxyl groups is 1. The van der Waals surface area contributed by atoms with Crippen LogP contribution in [0.15, 0.2) is 23.8 Å². The number of nitrogens with zero attached hydrogens (tertiary/aromatic N) is 3. The monoisotopic (exact) mass is 290 g/mol. The number of thiophene rings is 1. The Balaban J connectivity index is 1.89. The fourth-order valence-electron chi connectivity index (χ4n) is 1.51. The van der Waals surface area contributed by atoms with E-state index in [-0.39, 0.29) is 12.5 Å². The molecular formula is C13H14N4O2S. The van der Waals surface area contributed by atoms with Crippen LogP contribution in [0.1, 0.15) is 21.7 Å². The predicted octanol–water partition coefficient (Wildman–Crippen LogP) is 0.503. The number of amides is 1. The van der Waals surface area contributed by atoms with Crippen molar-refractivity contribution in [3.8, 4) is 11.8 Å². The van der Waals surface area contributed by atoms with E-state index in [0.717, 1.165) is 0 Å². The maximum absolute atomic E-state index is 12.0. The number of hydrogen-bond acceptors (Lipinski definition) is 5. The quantitative estimate of drug-likeness (QED) is 0.786. The summed E-state index contributed by atoms with van der Waals surface area (Å²) in [5, 5.41) is 20.8. The number of rotatable bonds is 5. The van der Waals surface area contributed by atoms with Crippen molar-refractivity contribution in [1.29, 1.82) is 0 Å². The Labute approximate surface area is 120 Å². The minimum atomic E-state index is -0.145. The number of carbonyl (C=O) groups excluding carboxylic acids is 1. The maximum atomic E-state index is 12.0. The van der Waals surface area contributed by atoms with Gasteiger partial charge in [0.25, 0.3) is 5.91 Å². The zero-order chi connectivity index (χ0) is 14.2. The predicted molar refractivity (Wildman–Crippen MR) is 75.3 cm³/mol. The molecule has 0 atom stereocenters. The fraction of sp³-hybridized carbons (Fsp3) is 0.308. The molecule has 0 radical (unpaired) electrons. The molecule has 0 spiro atoms. The number of nitrogens with one attached hydrogen (secondary N) is 1. The van der Waals surface area contributed by atoms with E-state index in [9.17, 15) is 4.79 Å². The van der Waals surface area contributed by atoms with E-state index in [0.29, 0.717) is 30.0 Å². The summed E-state index contributed by atoms with van der Waals surface area (Å²) in [5.41, 5.74) is 0.696. The summed E-state index contributed by atoms with van der Waals surface area (Å²) in [4.78, 5) is 12.6. The zero-order valence-electron chi connectivity index (χ0n) is 10.7. The van der Waals surface area contributed by atoms with Crippen LogP contribution in [-0.4, -0.2) is 39.2 Å². The number of hydrogen-bond donors (Lipinski definition) is 2. The van der Waals surface area contributed by atoms with Crippen LogP contribution >= 0.6 is 11.3 Å². The molecule has 0 saturated heterocycles. The van der Waals surface area contributed by atoms with E-state index in [1.54, 1.807) is 23.1 Å². The van der Waals surface area contributed by atoms with Crippen LogP contribution in [0, 0.1) is 11.8 Å². The molecule has 2 aromatic heterocycles. The minimum Gasteiger partial charge on any atom is -0.395 e. The molecule has 0 aliphatic rings. The van der Waals surface area contributed by atoms with Crippen LogP contribution in [0.3, 0.4) is 0 Å². The van der Waals surface area contributed by atoms with Crippen molar-refractivity contribution >= 4 is 17.2 Å². The van der Waals surface area contributed by atoms with E-state index < -0.39 is 0 Å². The molecule has 6 nitrogen and oxygen atoms in total. The van der Waals surface area contributed by atoms with E-state index in [4.69, 9.17) is 5.11 Å². The maximum Gasteiger partial charge on any atom is 0.262 e. The van der Waals surface area contributed by atoms with Gasteiger partial charge in [-0.2, -0.15) is 0 Å². The third-order valence-corrected chi connectivity index (χ3v) is 3.34. The topological polar surface area (TPSA) is 80.0 Å². The molecule has 2 aromatic rings. The molecule has 104 valence electrons. The first kappa shape index (κ1) is 14.2. The molecule has 1 amide bonds. The first-order chi connectivity index (χ1) is 9.81.